The van der Waals surface area contributed by atoms with Gasteiger partial charge in [-0.1, -0.05) is 41.5 Å². The van der Waals surface area contributed by atoms with Crippen LogP contribution >= 0.6 is 0 Å². The topological polar surface area (TPSA) is 70.8 Å². The van der Waals surface area contributed by atoms with Gasteiger partial charge < -0.3 is 24.0 Å². The van der Waals surface area contributed by atoms with Gasteiger partial charge in [0.1, 0.15) is 29.0 Å². The second kappa shape index (κ2) is 7.78. The predicted molar refractivity (Wildman–Crippen MR) is 120 cm³/mol. The minimum Gasteiger partial charge on any atom is -0.493 e. The smallest absolute Gasteiger partial charge is 0.162 e. The van der Waals surface area contributed by atoms with E-state index in [0.717, 1.165) is 28.6 Å². The van der Waals surface area contributed by atoms with Crippen molar-refractivity contribution >= 4 is 5.69 Å². The van der Waals surface area contributed by atoms with Crippen LogP contribution < -0.4 is 15.2 Å². The molecule has 2 N–H and O–H groups in total. The zero-order valence-electron chi connectivity index (χ0n) is 19.3. The number of furan rings is 2. The molecule has 0 radical (unpaired) electrons. The summed E-state index contributed by atoms with van der Waals surface area (Å²) in [6.07, 6.45) is 0. The minimum absolute atomic E-state index is 0.105. The van der Waals surface area contributed by atoms with Gasteiger partial charge in [-0.15, -0.1) is 0 Å². The predicted octanol–water partition coefficient (Wildman–Crippen LogP) is 6.25. The average Bonchev–Trinajstić information content (AvgIpc) is 3.32. The number of hydrogen-bond donors (Lipinski definition) is 1. The summed E-state index contributed by atoms with van der Waals surface area (Å²) in [6.45, 7) is 12.7. The maximum atomic E-state index is 6.46. The van der Waals surface area contributed by atoms with Crippen LogP contribution in [0.1, 0.15) is 76.1 Å². The first-order valence-corrected chi connectivity index (χ1v) is 10.2. The van der Waals surface area contributed by atoms with Crippen molar-refractivity contribution in [3.05, 3.63) is 65.0 Å². The van der Waals surface area contributed by atoms with Crippen molar-refractivity contribution in [3.8, 4) is 11.5 Å². The van der Waals surface area contributed by atoms with Crippen molar-refractivity contribution in [2.45, 2.75) is 58.3 Å². The SMILES string of the molecule is COc1cc(N)c(C(c2ccc(C(C)(C)C)o2)c2ccc(C(C)(C)C)o2)cc1OC. The molecule has 0 saturated carbocycles. The fourth-order valence-electron chi connectivity index (χ4n) is 3.43. The van der Waals surface area contributed by atoms with E-state index < -0.39 is 0 Å². The maximum Gasteiger partial charge on any atom is 0.162 e. The Balaban J connectivity index is 2.21. The molecule has 2 heterocycles. The number of nitrogens with two attached hydrogens (primary N) is 1. The normalized spacial score (nSPS) is 12.4. The van der Waals surface area contributed by atoms with Crippen molar-refractivity contribution in [3.63, 3.8) is 0 Å². The van der Waals surface area contributed by atoms with Crippen LogP contribution in [-0.2, 0) is 10.8 Å². The van der Waals surface area contributed by atoms with E-state index >= 15 is 0 Å². The van der Waals surface area contributed by atoms with Crippen molar-refractivity contribution in [2.24, 2.45) is 0 Å². The van der Waals surface area contributed by atoms with Gasteiger partial charge in [-0.05, 0) is 35.9 Å². The molecule has 162 valence electrons. The summed E-state index contributed by atoms with van der Waals surface area (Å²) in [5.74, 6) is 4.24. The highest BCUT2D eigenvalue weighted by Crippen LogP contribution is 2.43. The number of benzene rings is 1. The zero-order chi connectivity index (χ0) is 22.3. The third kappa shape index (κ3) is 4.20. The summed E-state index contributed by atoms with van der Waals surface area (Å²) >= 11 is 0. The zero-order valence-corrected chi connectivity index (χ0v) is 19.3. The Labute approximate surface area is 179 Å². The van der Waals surface area contributed by atoms with Crippen LogP contribution in [0.4, 0.5) is 5.69 Å². The summed E-state index contributed by atoms with van der Waals surface area (Å²) in [7, 11) is 3.21. The second-order valence-electron chi connectivity index (χ2n) is 9.67. The van der Waals surface area contributed by atoms with Gasteiger partial charge in [-0.3, -0.25) is 0 Å². The average molecular weight is 412 g/mol. The summed E-state index contributed by atoms with van der Waals surface area (Å²) in [4.78, 5) is 0. The monoisotopic (exact) mass is 411 g/mol. The Morgan fingerprint density at radius 1 is 0.733 bits per heavy atom. The first-order valence-electron chi connectivity index (χ1n) is 10.2. The lowest BCUT2D eigenvalue weighted by molar-refractivity contribution is 0.349. The summed E-state index contributed by atoms with van der Waals surface area (Å²) in [5.41, 5.74) is 7.68. The Hall–Kier alpha value is -2.82. The highest BCUT2D eigenvalue weighted by molar-refractivity contribution is 5.62. The van der Waals surface area contributed by atoms with E-state index in [2.05, 4.69) is 41.5 Å². The van der Waals surface area contributed by atoms with E-state index in [1.165, 1.54) is 0 Å². The van der Waals surface area contributed by atoms with Crippen molar-refractivity contribution in [1.29, 1.82) is 0 Å². The summed E-state index contributed by atoms with van der Waals surface area (Å²) in [5, 5.41) is 0. The molecule has 0 bridgehead atoms. The van der Waals surface area contributed by atoms with Crippen LogP contribution in [0.15, 0.2) is 45.2 Å². The van der Waals surface area contributed by atoms with Gasteiger partial charge in [0.15, 0.2) is 11.5 Å². The van der Waals surface area contributed by atoms with Gasteiger partial charge in [0.05, 0.1) is 14.2 Å². The van der Waals surface area contributed by atoms with Gasteiger partial charge in [0.25, 0.3) is 0 Å². The molecule has 30 heavy (non-hydrogen) atoms. The molecule has 3 rings (SSSR count). The Morgan fingerprint density at radius 3 is 1.53 bits per heavy atom. The number of nitrogen functional groups attached to an aromatic ring is 1. The third-order valence-electron chi connectivity index (χ3n) is 5.20. The van der Waals surface area contributed by atoms with Crippen molar-refractivity contribution in [1.82, 2.24) is 0 Å². The molecule has 0 fully saturated rings. The molecule has 5 nitrogen and oxygen atoms in total. The Kier molecular flexibility index (Phi) is 5.68. The number of ether oxygens (including phenoxy) is 2. The lowest BCUT2D eigenvalue weighted by Crippen LogP contribution is -2.11. The molecule has 0 amide bonds. The lowest BCUT2D eigenvalue weighted by Gasteiger charge is -2.20. The van der Waals surface area contributed by atoms with Gasteiger partial charge in [-0.25, -0.2) is 0 Å². The van der Waals surface area contributed by atoms with Crippen LogP contribution in [-0.4, -0.2) is 14.2 Å². The summed E-state index contributed by atoms with van der Waals surface area (Å²) < 4.78 is 23.6. The second-order valence-corrected chi connectivity index (χ2v) is 9.67. The highest BCUT2D eigenvalue weighted by Gasteiger charge is 2.30. The Bertz CT molecular complexity index is 962. The molecule has 0 aliphatic rings. The molecule has 0 aliphatic heterocycles. The quantitative estimate of drug-likeness (QED) is 0.503. The van der Waals surface area contributed by atoms with E-state index in [0.29, 0.717) is 17.2 Å². The van der Waals surface area contributed by atoms with Crippen LogP contribution in [0.2, 0.25) is 0 Å². The standard InChI is InChI=1S/C25H33NO4/c1-24(2,3)21-11-9-17(29-21)23(18-10-12-22(30-18)25(4,5)6)15-13-19(27-7)20(28-8)14-16(15)26/h9-14,23H,26H2,1-8H3. The van der Waals surface area contributed by atoms with Gasteiger partial charge in [-0.2, -0.15) is 0 Å². The van der Waals surface area contributed by atoms with Crippen molar-refractivity contribution < 1.29 is 18.3 Å². The van der Waals surface area contributed by atoms with E-state index in [-0.39, 0.29) is 16.7 Å². The molecule has 0 saturated heterocycles. The molecule has 0 atom stereocenters. The number of hydrogen-bond acceptors (Lipinski definition) is 5. The van der Waals surface area contributed by atoms with Crippen LogP contribution in [0, 0.1) is 0 Å². The van der Waals surface area contributed by atoms with E-state index in [9.17, 15) is 0 Å². The molecule has 1 aromatic carbocycles. The molecule has 3 aromatic rings. The lowest BCUT2D eigenvalue weighted by atomic mass is 9.92. The first kappa shape index (κ1) is 21.9. The molecule has 0 aliphatic carbocycles. The molecular formula is C25H33NO4. The molecule has 0 spiro atoms. The van der Waals surface area contributed by atoms with E-state index in [1.807, 2.05) is 30.3 Å². The Morgan fingerprint density at radius 2 is 1.17 bits per heavy atom. The van der Waals surface area contributed by atoms with Gasteiger partial charge in [0.2, 0.25) is 0 Å². The number of methoxy groups -OCH3 is 2. The van der Waals surface area contributed by atoms with Crippen LogP contribution in [0.3, 0.4) is 0 Å². The third-order valence-corrected chi connectivity index (χ3v) is 5.20. The largest absolute Gasteiger partial charge is 0.493 e. The minimum atomic E-state index is -0.308. The van der Waals surface area contributed by atoms with Gasteiger partial charge >= 0.3 is 0 Å². The maximum absolute atomic E-state index is 6.46. The van der Waals surface area contributed by atoms with Crippen LogP contribution in [0.25, 0.3) is 0 Å². The highest BCUT2D eigenvalue weighted by atomic mass is 16.5. The van der Waals surface area contributed by atoms with E-state index in [1.54, 1.807) is 20.3 Å². The number of anilines is 1. The molecule has 2 aromatic heterocycles. The van der Waals surface area contributed by atoms with Gasteiger partial charge in [0, 0.05) is 22.6 Å². The number of rotatable bonds is 5. The van der Waals surface area contributed by atoms with Crippen LogP contribution in [0.5, 0.6) is 11.5 Å². The molecule has 5 heteroatoms. The summed E-state index contributed by atoms with van der Waals surface area (Å²) in [6, 6.07) is 11.7. The van der Waals surface area contributed by atoms with E-state index in [4.69, 9.17) is 24.0 Å². The molecule has 0 unspecified atom stereocenters. The fraction of sp³-hybridized carbons (Fsp3) is 0.440. The fourth-order valence-corrected chi connectivity index (χ4v) is 3.43. The van der Waals surface area contributed by atoms with Crippen molar-refractivity contribution in [2.75, 3.05) is 20.0 Å². The molecular weight excluding hydrogens is 378 g/mol. The first-order chi connectivity index (χ1) is 14.0.